The van der Waals surface area contributed by atoms with Crippen LogP contribution in [0.1, 0.15) is 37.3 Å². The van der Waals surface area contributed by atoms with Crippen LogP contribution in [0.4, 0.5) is 5.69 Å². The first kappa shape index (κ1) is 19.2. The molecule has 0 atom stereocenters. The van der Waals surface area contributed by atoms with Crippen LogP contribution in [0.5, 0.6) is 0 Å². The number of hydrogen-bond acceptors (Lipinski definition) is 2. The Morgan fingerprint density at radius 2 is 1.59 bits per heavy atom. The van der Waals surface area contributed by atoms with Gasteiger partial charge in [-0.15, -0.1) is 0 Å². The molecule has 0 radical (unpaired) electrons. The highest BCUT2D eigenvalue weighted by Crippen LogP contribution is 2.20. The molecule has 4 nitrogen and oxygen atoms in total. The second-order valence-corrected chi connectivity index (χ2v) is 7.18. The lowest BCUT2D eigenvalue weighted by atomic mass is 9.95. The lowest BCUT2D eigenvalue weighted by molar-refractivity contribution is -0.134. The van der Waals surface area contributed by atoms with Gasteiger partial charge in [0.25, 0.3) is 0 Å². The van der Waals surface area contributed by atoms with Crippen molar-refractivity contribution in [1.29, 1.82) is 0 Å². The Hall–Kier alpha value is -2.62. The molecule has 142 valence electrons. The molecule has 4 heteroatoms. The summed E-state index contributed by atoms with van der Waals surface area (Å²) in [5.74, 6) is 0.233. The fourth-order valence-corrected chi connectivity index (χ4v) is 3.51. The van der Waals surface area contributed by atoms with Crippen LogP contribution in [0, 0.1) is 5.92 Å². The first-order valence-electron chi connectivity index (χ1n) is 9.87. The van der Waals surface area contributed by atoms with Crippen LogP contribution >= 0.6 is 0 Å². The summed E-state index contributed by atoms with van der Waals surface area (Å²) in [6, 6.07) is 18.0. The minimum atomic E-state index is -0.0177. The zero-order valence-corrected chi connectivity index (χ0v) is 16.0. The number of amides is 2. The first-order valence-corrected chi connectivity index (χ1v) is 9.87. The molecule has 0 saturated carbocycles. The lowest BCUT2D eigenvalue weighted by Crippen LogP contribution is -2.41. The molecule has 0 bridgehead atoms. The number of piperidine rings is 1. The highest BCUT2D eigenvalue weighted by molar-refractivity contribution is 5.92. The fourth-order valence-electron chi connectivity index (χ4n) is 3.51. The SMILES string of the molecule is CCc1ccc(CCC(=O)N2CCC(C(=O)Nc3ccccc3)CC2)cc1. The van der Waals surface area contributed by atoms with Crippen LogP contribution in [-0.2, 0) is 22.4 Å². The molecule has 1 aliphatic heterocycles. The van der Waals surface area contributed by atoms with Gasteiger partial charge in [0.05, 0.1) is 0 Å². The molecule has 0 unspecified atom stereocenters. The molecule has 2 amide bonds. The van der Waals surface area contributed by atoms with Crippen LogP contribution in [-0.4, -0.2) is 29.8 Å². The number of nitrogens with zero attached hydrogens (tertiary/aromatic N) is 1. The van der Waals surface area contributed by atoms with Gasteiger partial charge in [-0.2, -0.15) is 0 Å². The number of benzene rings is 2. The average molecular weight is 364 g/mol. The van der Waals surface area contributed by atoms with Crippen LogP contribution in [0.15, 0.2) is 54.6 Å². The monoisotopic (exact) mass is 364 g/mol. The molecule has 0 aliphatic carbocycles. The van der Waals surface area contributed by atoms with E-state index >= 15 is 0 Å². The summed E-state index contributed by atoms with van der Waals surface area (Å²) in [5.41, 5.74) is 3.36. The van der Waals surface area contributed by atoms with Gasteiger partial charge in [0, 0.05) is 31.1 Å². The Bertz CT molecular complexity index is 748. The Morgan fingerprint density at radius 1 is 0.963 bits per heavy atom. The molecule has 1 heterocycles. The number of rotatable bonds is 6. The summed E-state index contributed by atoms with van der Waals surface area (Å²) < 4.78 is 0. The normalized spacial score (nSPS) is 14.8. The average Bonchev–Trinajstić information content (AvgIpc) is 2.73. The van der Waals surface area contributed by atoms with E-state index < -0.39 is 0 Å². The van der Waals surface area contributed by atoms with Crippen molar-refractivity contribution < 1.29 is 9.59 Å². The third kappa shape index (κ3) is 5.43. The van der Waals surface area contributed by atoms with Gasteiger partial charge >= 0.3 is 0 Å². The van der Waals surface area contributed by atoms with Gasteiger partial charge in [-0.05, 0) is 48.9 Å². The standard InChI is InChI=1S/C23H28N2O2/c1-2-18-8-10-19(11-9-18)12-13-22(26)25-16-14-20(15-17-25)23(27)24-21-6-4-3-5-7-21/h3-11,20H,2,12-17H2,1H3,(H,24,27). The minimum Gasteiger partial charge on any atom is -0.343 e. The predicted molar refractivity (Wildman–Crippen MR) is 109 cm³/mol. The van der Waals surface area contributed by atoms with Crippen LogP contribution < -0.4 is 5.32 Å². The molecular formula is C23H28N2O2. The van der Waals surface area contributed by atoms with Crippen LogP contribution in [0.2, 0.25) is 0 Å². The summed E-state index contributed by atoms with van der Waals surface area (Å²) in [5, 5.41) is 2.97. The van der Waals surface area contributed by atoms with Crippen molar-refractivity contribution >= 4 is 17.5 Å². The molecule has 1 saturated heterocycles. The molecule has 2 aromatic rings. The molecule has 1 fully saturated rings. The van der Waals surface area contributed by atoms with Gasteiger partial charge in [0.15, 0.2) is 0 Å². The zero-order chi connectivity index (χ0) is 19.1. The van der Waals surface area contributed by atoms with E-state index in [1.165, 1.54) is 11.1 Å². The highest BCUT2D eigenvalue weighted by atomic mass is 16.2. The maximum atomic E-state index is 12.5. The second kappa shape index (κ2) is 9.36. The molecule has 1 aliphatic rings. The maximum absolute atomic E-state index is 12.5. The number of aryl methyl sites for hydroxylation is 2. The van der Waals surface area contributed by atoms with E-state index in [0.717, 1.165) is 31.4 Å². The van der Waals surface area contributed by atoms with Crippen molar-refractivity contribution in [2.24, 2.45) is 5.92 Å². The first-order chi connectivity index (χ1) is 13.2. The van der Waals surface area contributed by atoms with E-state index in [9.17, 15) is 9.59 Å². The summed E-state index contributed by atoms with van der Waals surface area (Å²) in [6.07, 6.45) is 3.81. The van der Waals surface area contributed by atoms with E-state index in [-0.39, 0.29) is 17.7 Å². The lowest BCUT2D eigenvalue weighted by Gasteiger charge is -2.31. The molecule has 27 heavy (non-hydrogen) atoms. The maximum Gasteiger partial charge on any atom is 0.227 e. The number of likely N-dealkylation sites (tertiary alicyclic amines) is 1. The number of hydrogen-bond donors (Lipinski definition) is 1. The van der Waals surface area contributed by atoms with E-state index in [1.54, 1.807) is 0 Å². The molecule has 0 aromatic heterocycles. The predicted octanol–water partition coefficient (Wildman–Crippen LogP) is 4.06. The van der Waals surface area contributed by atoms with Crippen molar-refractivity contribution in [3.8, 4) is 0 Å². The second-order valence-electron chi connectivity index (χ2n) is 7.18. The summed E-state index contributed by atoms with van der Waals surface area (Å²) in [4.78, 5) is 26.8. The Morgan fingerprint density at radius 3 is 2.22 bits per heavy atom. The van der Waals surface area contributed by atoms with Gasteiger partial charge in [-0.1, -0.05) is 49.4 Å². The molecule has 3 rings (SSSR count). The topological polar surface area (TPSA) is 49.4 Å². The van der Waals surface area contributed by atoms with Crippen molar-refractivity contribution in [3.63, 3.8) is 0 Å². The highest BCUT2D eigenvalue weighted by Gasteiger charge is 2.27. The Labute approximate surface area is 161 Å². The van der Waals surface area contributed by atoms with Crippen molar-refractivity contribution in [3.05, 3.63) is 65.7 Å². The van der Waals surface area contributed by atoms with Crippen molar-refractivity contribution in [1.82, 2.24) is 4.90 Å². The van der Waals surface area contributed by atoms with Gasteiger partial charge in [0.2, 0.25) is 11.8 Å². The van der Waals surface area contributed by atoms with E-state index in [0.29, 0.717) is 19.5 Å². The zero-order valence-electron chi connectivity index (χ0n) is 16.0. The van der Waals surface area contributed by atoms with Gasteiger partial charge < -0.3 is 10.2 Å². The van der Waals surface area contributed by atoms with Crippen molar-refractivity contribution in [2.45, 2.75) is 39.0 Å². The summed E-state index contributed by atoms with van der Waals surface area (Å²) >= 11 is 0. The van der Waals surface area contributed by atoms with Crippen molar-refractivity contribution in [2.75, 3.05) is 18.4 Å². The third-order valence-electron chi connectivity index (χ3n) is 5.32. The quantitative estimate of drug-likeness (QED) is 0.840. The number of carbonyl (C=O) groups is 2. The van der Waals surface area contributed by atoms with Gasteiger partial charge in [0.1, 0.15) is 0 Å². The number of anilines is 1. The fraction of sp³-hybridized carbons (Fsp3) is 0.391. The van der Waals surface area contributed by atoms with Crippen LogP contribution in [0.3, 0.4) is 0 Å². The van der Waals surface area contributed by atoms with E-state index in [4.69, 9.17) is 0 Å². The van der Waals surface area contributed by atoms with Gasteiger partial charge in [-0.3, -0.25) is 9.59 Å². The largest absolute Gasteiger partial charge is 0.343 e. The smallest absolute Gasteiger partial charge is 0.227 e. The number of para-hydroxylation sites is 1. The molecule has 2 aromatic carbocycles. The molecule has 1 N–H and O–H groups in total. The van der Waals surface area contributed by atoms with E-state index in [2.05, 4.69) is 36.5 Å². The van der Waals surface area contributed by atoms with Gasteiger partial charge in [-0.25, -0.2) is 0 Å². The Kier molecular flexibility index (Phi) is 6.64. The number of nitrogens with one attached hydrogen (secondary N) is 1. The summed E-state index contributed by atoms with van der Waals surface area (Å²) in [6.45, 7) is 3.48. The molecular weight excluding hydrogens is 336 g/mol. The minimum absolute atomic E-state index is 0.0177. The number of carbonyl (C=O) groups excluding carboxylic acids is 2. The Balaban J connectivity index is 1.42. The summed E-state index contributed by atoms with van der Waals surface area (Å²) in [7, 11) is 0. The third-order valence-corrected chi connectivity index (χ3v) is 5.32. The molecule has 0 spiro atoms. The van der Waals surface area contributed by atoms with E-state index in [1.807, 2.05) is 35.2 Å². The van der Waals surface area contributed by atoms with Crippen LogP contribution in [0.25, 0.3) is 0 Å².